The van der Waals surface area contributed by atoms with E-state index in [-0.39, 0.29) is 11.9 Å². The predicted molar refractivity (Wildman–Crippen MR) is 138 cm³/mol. The summed E-state index contributed by atoms with van der Waals surface area (Å²) in [5, 5.41) is 6.20. The first-order valence-electron chi connectivity index (χ1n) is 12.3. The maximum atomic E-state index is 13.0. The number of hydrogen-bond donors (Lipinski definition) is 2. The van der Waals surface area contributed by atoms with Crippen molar-refractivity contribution >= 4 is 5.91 Å². The van der Waals surface area contributed by atoms with Gasteiger partial charge in [-0.15, -0.1) is 0 Å². The van der Waals surface area contributed by atoms with Crippen LogP contribution in [0.25, 0.3) is 0 Å². The average molecular weight is 515 g/mol. The molecular formula is C29H33F3N2O3. The number of hydrogen-bond acceptors (Lipinski definition) is 4. The SMILES string of the molecule is CCOc1ccc([C@@H](CCc2ccc(C(F)(F)F)cc2)N[C@@H](C(=O)NC)c2ccccc2)cc1OCC. The smallest absolute Gasteiger partial charge is 0.416 e. The van der Waals surface area contributed by atoms with Gasteiger partial charge in [-0.1, -0.05) is 48.5 Å². The molecule has 0 saturated carbocycles. The molecule has 2 N–H and O–H groups in total. The van der Waals surface area contributed by atoms with Crippen LogP contribution in [0, 0.1) is 0 Å². The minimum absolute atomic E-state index is 0.193. The normalized spacial score (nSPS) is 13.0. The zero-order chi connectivity index (χ0) is 26.8. The highest BCUT2D eigenvalue weighted by Crippen LogP contribution is 2.34. The van der Waals surface area contributed by atoms with Crippen molar-refractivity contribution in [1.82, 2.24) is 10.6 Å². The van der Waals surface area contributed by atoms with Crippen LogP contribution in [0.3, 0.4) is 0 Å². The van der Waals surface area contributed by atoms with Gasteiger partial charge >= 0.3 is 6.18 Å². The number of rotatable bonds is 12. The van der Waals surface area contributed by atoms with E-state index in [0.29, 0.717) is 37.6 Å². The van der Waals surface area contributed by atoms with Gasteiger partial charge in [-0.2, -0.15) is 13.2 Å². The number of alkyl halides is 3. The Kier molecular flexibility index (Phi) is 9.97. The third-order valence-corrected chi connectivity index (χ3v) is 5.98. The van der Waals surface area contributed by atoms with Gasteiger partial charge in [0.25, 0.3) is 0 Å². The lowest BCUT2D eigenvalue weighted by Gasteiger charge is -2.26. The lowest BCUT2D eigenvalue weighted by molar-refractivity contribution is -0.137. The van der Waals surface area contributed by atoms with Gasteiger partial charge in [0.05, 0.1) is 18.8 Å². The summed E-state index contributed by atoms with van der Waals surface area (Å²) in [5.74, 6) is 1.03. The molecule has 8 heteroatoms. The third-order valence-electron chi connectivity index (χ3n) is 5.98. The molecule has 0 aliphatic heterocycles. The van der Waals surface area contributed by atoms with Gasteiger partial charge in [0.1, 0.15) is 6.04 Å². The fourth-order valence-electron chi connectivity index (χ4n) is 4.12. The first-order chi connectivity index (χ1) is 17.8. The van der Waals surface area contributed by atoms with E-state index in [9.17, 15) is 18.0 Å². The van der Waals surface area contributed by atoms with Gasteiger partial charge in [-0.05, 0) is 67.6 Å². The van der Waals surface area contributed by atoms with Crippen molar-refractivity contribution in [3.05, 3.63) is 95.1 Å². The number of amides is 1. The summed E-state index contributed by atoms with van der Waals surface area (Å²) in [6, 6.07) is 19.3. The molecule has 5 nitrogen and oxygen atoms in total. The van der Waals surface area contributed by atoms with E-state index in [1.807, 2.05) is 62.4 Å². The minimum Gasteiger partial charge on any atom is -0.490 e. The van der Waals surface area contributed by atoms with Crippen LogP contribution in [-0.4, -0.2) is 26.2 Å². The Morgan fingerprint density at radius 3 is 2.11 bits per heavy atom. The maximum Gasteiger partial charge on any atom is 0.416 e. The lowest BCUT2D eigenvalue weighted by Crippen LogP contribution is -2.38. The number of halogens is 3. The molecule has 3 rings (SSSR count). The van der Waals surface area contributed by atoms with Crippen LogP contribution in [0.2, 0.25) is 0 Å². The molecule has 0 heterocycles. The number of likely N-dealkylation sites (N-methyl/N-ethyl adjacent to an activating group) is 1. The van der Waals surface area contributed by atoms with E-state index in [4.69, 9.17) is 9.47 Å². The van der Waals surface area contributed by atoms with E-state index in [2.05, 4.69) is 10.6 Å². The molecular weight excluding hydrogens is 481 g/mol. The van der Waals surface area contributed by atoms with E-state index >= 15 is 0 Å². The second-order valence-electron chi connectivity index (χ2n) is 8.48. The topological polar surface area (TPSA) is 59.6 Å². The Balaban J connectivity index is 1.93. The van der Waals surface area contributed by atoms with E-state index in [1.54, 1.807) is 7.05 Å². The van der Waals surface area contributed by atoms with Crippen molar-refractivity contribution in [2.45, 2.75) is 44.9 Å². The number of carbonyl (C=O) groups excluding carboxylic acids is 1. The van der Waals surface area contributed by atoms with Crippen LogP contribution in [0.1, 0.15) is 54.6 Å². The molecule has 37 heavy (non-hydrogen) atoms. The molecule has 0 aliphatic rings. The van der Waals surface area contributed by atoms with Gasteiger partial charge < -0.3 is 14.8 Å². The molecule has 0 saturated heterocycles. The summed E-state index contributed by atoms with van der Waals surface area (Å²) in [7, 11) is 1.58. The van der Waals surface area contributed by atoms with Gasteiger partial charge in [-0.3, -0.25) is 10.1 Å². The van der Waals surface area contributed by atoms with Crippen molar-refractivity contribution < 1.29 is 27.4 Å². The Morgan fingerprint density at radius 2 is 1.51 bits per heavy atom. The Morgan fingerprint density at radius 1 is 0.865 bits per heavy atom. The predicted octanol–water partition coefficient (Wildman–Crippen LogP) is 6.25. The molecule has 3 aromatic rings. The van der Waals surface area contributed by atoms with Crippen LogP contribution >= 0.6 is 0 Å². The highest BCUT2D eigenvalue weighted by atomic mass is 19.4. The quantitative estimate of drug-likeness (QED) is 0.300. The van der Waals surface area contributed by atoms with Gasteiger partial charge in [0, 0.05) is 13.1 Å². The Labute approximate surface area is 216 Å². The highest BCUT2D eigenvalue weighted by molar-refractivity contribution is 5.83. The van der Waals surface area contributed by atoms with E-state index in [1.165, 1.54) is 12.1 Å². The first kappa shape index (κ1) is 28.1. The maximum absolute atomic E-state index is 13.0. The molecule has 0 unspecified atom stereocenters. The summed E-state index contributed by atoms with van der Waals surface area (Å²) in [5.41, 5.74) is 1.77. The molecule has 0 spiro atoms. The van der Waals surface area contributed by atoms with Crippen molar-refractivity contribution in [3.8, 4) is 11.5 Å². The molecule has 0 fully saturated rings. The first-order valence-corrected chi connectivity index (χ1v) is 12.3. The summed E-state index contributed by atoms with van der Waals surface area (Å²) in [6.07, 6.45) is -3.34. The van der Waals surface area contributed by atoms with Crippen molar-refractivity contribution in [1.29, 1.82) is 0 Å². The summed E-state index contributed by atoms with van der Waals surface area (Å²) < 4.78 is 50.5. The zero-order valence-corrected chi connectivity index (χ0v) is 21.3. The molecule has 198 valence electrons. The number of carbonyl (C=O) groups is 1. The summed E-state index contributed by atoms with van der Waals surface area (Å²) in [4.78, 5) is 12.9. The molecule has 0 radical (unpaired) electrons. The number of ether oxygens (including phenoxy) is 2. The van der Waals surface area contributed by atoms with E-state index in [0.717, 1.165) is 28.8 Å². The standard InChI is InChI=1S/C29H33F3N2O3/c1-4-36-25-18-14-22(19-26(25)37-5-2)24(17-13-20-11-15-23(16-12-20)29(30,31)32)34-27(28(35)33-3)21-9-7-6-8-10-21/h6-12,14-16,18-19,24,27,34H,4-5,13,17H2,1-3H3,(H,33,35)/t24-,27-/m1/s1. The van der Waals surface area contributed by atoms with E-state index < -0.39 is 17.8 Å². The zero-order valence-electron chi connectivity index (χ0n) is 21.3. The van der Waals surface area contributed by atoms with Crippen molar-refractivity contribution in [3.63, 3.8) is 0 Å². The molecule has 2 atom stereocenters. The Hall–Kier alpha value is -3.52. The van der Waals surface area contributed by atoms with Crippen molar-refractivity contribution in [2.24, 2.45) is 0 Å². The fourth-order valence-corrected chi connectivity index (χ4v) is 4.12. The van der Waals surface area contributed by atoms with Crippen LogP contribution in [0.5, 0.6) is 11.5 Å². The monoisotopic (exact) mass is 514 g/mol. The molecule has 0 bridgehead atoms. The van der Waals surface area contributed by atoms with Crippen LogP contribution in [-0.2, 0) is 17.4 Å². The molecule has 3 aromatic carbocycles. The molecule has 0 aromatic heterocycles. The molecule has 0 aliphatic carbocycles. The lowest BCUT2D eigenvalue weighted by atomic mass is 9.95. The van der Waals surface area contributed by atoms with Gasteiger partial charge in [-0.25, -0.2) is 0 Å². The summed E-state index contributed by atoms with van der Waals surface area (Å²) >= 11 is 0. The van der Waals surface area contributed by atoms with Crippen LogP contribution < -0.4 is 20.1 Å². The van der Waals surface area contributed by atoms with Crippen LogP contribution in [0.4, 0.5) is 13.2 Å². The van der Waals surface area contributed by atoms with Gasteiger partial charge in [0.15, 0.2) is 11.5 Å². The molecule has 1 amide bonds. The van der Waals surface area contributed by atoms with Gasteiger partial charge in [0.2, 0.25) is 5.91 Å². The second kappa shape index (κ2) is 13.1. The fraction of sp³-hybridized carbons (Fsp3) is 0.345. The Bertz CT molecular complexity index is 1140. The minimum atomic E-state index is -4.38. The number of nitrogens with one attached hydrogen (secondary N) is 2. The third kappa shape index (κ3) is 7.73. The van der Waals surface area contributed by atoms with Crippen molar-refractivity contribution in [2.75, 3.05) is 20.3 Å². The number of benzene rings is 3. The number of aryl methyl sites for hydroxylation is 1. The highest BCUT2D eigenvalue weighted by Gasteiger charge is 2.30. The largest absolute Gasteiger partial charge is 0.490 e. The second-order valence-corrected chi connectivity index (χ2v) is 8.48. The average Bonchev–Trinajstić information content (AvgIpc) is 2.90. The van der Waals surface area contributed by atoms with Crippen LogP contribution in [0.15, 0.2) is 72.8 Å². The summed E-state index contributed by atoms with van der Waals surface area (Å²) in [6.45, 7) is 4.73.